The van der Waals surface area contributed by atoms with E-state index in [0.29, 0.717) is 19.4 Å². The topological polar surface area (TPSA) is 34.4 Å². The van der Waals surface area contributed by atoms with E-state index >= 15 is 0 Å². The van der Waals surface area contributed by atoms with E-state index < -0.39 is 0 Å². The van der Waals surface area contributed by atoms with Gasteiger partial charge in [0.1, 0.15) is 0 Å². The lowest BCUT2D eigenvalue weighted by Crippen LogP contribution is -2.36. The quantitative estimate of drug-likeness (QED) is 0.406. The lowest BCUT2D eigenvalue weighted by atomic mass is 10.0. The SMILES string of the molecule is O=c1c(=Cc2ccc(Cl)cc2)sc2n1C(c1ccc(Cl)cc1)C=C(c1ccccc1)N=2. The first-order valence-electron chi connectivity index (χ1n) is 9.68. The summed E-state index contributed by atoms with van der Waals surface area (Å²) >= 11 is 13.5. The molecular weight excluding hydrogens is 447 g/mol. The Labute approximate surface area is 192 Å². The molecule has 1 atom stereocenters. The van der Waals surface area contributed by atoms with Crippen LogP contribution in [0, 0.1) is 0 Å². The van der Waals surface area contributed by atoms with Crippen molar-refractivity contribution in [2.75, 3.05) is 0 Å². The predicted molar refractivity (Wildman–Crippen MR) is 128 cm³/mol. The summed E-state index contributed by atoms with van der Waals surface area (Å²) in [6.07, 6.45) is 3.91. The predicted octanol–water partition coefficient (Wildman–Crippen LogP) is 5.31. The molecule has 6 heteroatoms. The maximum atomic E-state index is 13.4. The van der Waals surface area contributed by atoms with Gasteiger partial charge in [-0.2, -0.15) is 0 Å². The maximum absolute atomic E-state index is 13.4. The molecule has 1 aliphatic rings. The molecule has 0 fully saturated rings. The Morgan fingerprint density at radius 3 is 2.19 bits per heavy atom. The van der Waals surface area contributed by atoms with Gasteiger partial charge in [0.25, 0.3) is 5.56 Å². The number of allylic oxidation sites excluding steroid dienone is 1. The number of nitrogens with zero attached hydrogens (tertiary/aromatic N) is 2. The van der Waals surface area contributed by atoms with E-state index in [4.69, 9.17) is 28.2 Å². The Kier molecular flexibility index (Phi) is 5.36. The Morgan fingerprint density at radius 1 is 0.871 bits per heavy atom. The molecular formula is C25H16Cl2N2OS. The van der Waals surface area contributed by atoms with Gasteiger partial charge in [-0.05, 0) is 53.1 Å². The van der Waals surface area contributed by atoms with Crippen molar-refractivity contribution in [3.63, 3.8) is 0 Å². The maximum Gasteiger partial charge on any atom is 0.271 e. The fraction of sp³-hybridized carbons (Fsp3) is 0.0400. The van der Waals surface area contributed by atoms with Crippen molar-refractivity contribution in [2.24, 2.45) is 4.99 Å². The minimum absolute atomic E-state index is 0.0676. The summed E-state index contributed by atoms with van der Waals surface area (Å²) in [6, 6.07) is 24.7. The molecule has 0 spiro atoms. The minimum Gasteiger partial charge on any atom is -0.272 e. The fourth-order valence-corrected chi connectivity index (χ4v) is 4.83. The molecule has 5 rings (SSSR count). The molecule has 0 bridgehead atoms. The summed E-state index contributed by atoms with van der Waals surface area (Å²) in [5.41, 5.74) is 3.69. The minimum atomic E-state index is -0.268. The van der Waals surface area contributed by atoms with Crippen LogP contribution in [0.5, 0.6) is 0 Å². The van der Waals surface area contributed by atoms with Gasteiger partial charge in [-0.1, -0.05) is 89.1 Å². The highest BCUT2D eigenvalue weighted by Crippen LogP contribution is 2.27. The lowest BCUT2D eigenvalue weighted by Gasteiger charge is -2.19. The van der Waals surface area contributed by atoms with Crippen LogP contribution >= 0.6 is 34.5 Å². The van der Waals surface area contributed by atoms with E-state index in [-0.39, 0.29) is 11.6 Å². The van der Waals surface area contributed by atoms with Crippen LogP contribution in [0.1, 0.15) is 22.7 Å². The molecule has 1 aromatic heterocycles. The Hall–Kier alpha value is -2.92. The highest BCUT2D eigenvalue weighted by molar-refractivity contribution is 7.07. The van der Waals surface area contributed by atoms with Crippen molar-refractivity contribution in [1.82, 2.24) is 4.57 Å². The number of fused-ring (bicyclic) bond motifs is 1. The number of thiazole rings is 1. The number of halogens is 2. The summed E-state index contributed by atoms with van der Waals surface area (Å²) in [5.74, 6) is 0. The van der Waals surface area contributed by atoms with Gasteiger partial charge in [-0.25, -0.2) is 4.99 Å². The van der Waals surface area contributed by atoms with E-state index in [1.165, 1.54) is 11.3 Å². The summed E-state index contributed by atoms with van der Waals surface area (Å²) in [6.45, 7) is 0. The third-order valence-electron chi connectivity index (χ3n) is 5.10. The third-order valence-corrected chi connectivity index (χ3v) is 6.58. The molecule has 2 heterocycles. The normalized spacial score (nSPS) is 15.9. The van der Waals surface area contributed by atoms with E-state index in [2.05, 4.69) is 0 Å². The van der Waals surface area contributed by atoms with Crippen LogP contribution in [0.15, 0.2) is 94.7 Å². The monoisotopic (exact) mass is 462 g/mol. The number of rotatable bonds is 3. The van der Waals surface area contributed by atoms with Crippen molar-refractivity contribution in [2.45, 2.75) is 6.04 Å². The summed E-state index contributed by atoms with van der Waals surface area (Å²) < 4.78 is 2.38. The molecule has 0 saturated carbocycles. The van der Waals surface area contributed by atoms with Gasteiger partial charge in [0.15, 0.2) is 4.80 Å². The number of aromatic nitrogens is 1. The molecule has 3 nitrogen and oxygen atoms in total. The Morgan fingerprint density at radius 2 is 1.52 bits per heavy atom. The second-order valence-electron chi connectivity index (χ2n) is 7.15. The van der Waals surface area contributed by atoms with Crippen LogP contribution in [0.3, 0.4) is 0 Å². The smallest absolute Gasteiger partial charge is 0.271 e. The third kappa shape index (κ3) is 4.02. The zero-order valence-electron chi connectivity index (χ0n) is 16.2. The molecule has 3 aromatic carbocycles. The highest BCUT2D eigenvalue weighted by atomic mass is 35.5. The van der Waals surface area contributed by atoms with Gasteiger partial charge in [-0.15, -0.1) is 0 Å². The zero-order valence-corrected chi connectivity index (χ0v) is 18.5. The fourth-order valence-electron chi connectivity index (χ4n) is 3.56. The van der Waals surface area contributed by atoms with E-state index in [9.17, 15) is 4.79 Å². The van der Waals surface area contributed by atoms with Crippen molar-refractivity contribution >= 4 is 46.3 Å². The van der Waals surface area contributed by atoms with Crippen LogP contribution < -0.4 is 14.9 Å². The first-order chi connectivity index (χ1) is 15.1. The van der Waals surface area contributed by atoms with Gasteiger partial charge < -0.3 is 0 Å². The van der Waals surface area contributed by atoms with Crippen LogP contribution in [0.25, 0.3) is 11.8 Å². The Balaban J connectivity index is 1.72. The van der Waals surface area contributed by atoms with Crippen LogP contribution in [0.4, 0.5) is 0 Å². The molecule has 31 heavy (non-hydrogen) atoms. The average molecular weight is 463 g/mol. The van der Waals surface area contributed by atoms with Crippen molar-refractivity contribution in [3.8, 4) is 0 Å². The second-order valence-corrected chi connectivity index (χ2v) is 9.03. The summed E-state index contributed by atoms with van der Waals surface area (Å²) in [7, 11) is 0. The second kappa shape index (κ2) is 8.31. The number of hydrogen-bond acceptors (Lipinski definition) is 3. The summed E-state index contributed by atoms with van der Waals surface area (Å²) in [4.78, 5) is 18.9. The zero-order chi connectivity index (χ0) is 21.4. The van der Waals surface area contributed by atoms with Gasteiger partial charge in [0.05, 0.1) is 16.3 Å². The van der Waals surface area contributed by atoms with Gasteiger partial charge in [0, 0.05) is 10.0 Å². The van der Waals surface area contributed by atoms with Crippen molar-refractivity contribution in [1.29, 1.82) is 0 Å². The number of hydrogen-bond donors (Lipinski definition) is 0. The average Bonchev–Trinajstić information content (AvgIpc) is 3.11. The molecule has 1 aliphatic heterocycles. The van der Waals surface area contributed by atoms with Gasteiger partial charge in [-0.3, -0.25) is 9.36 Å². The molecule has 0 aliphatic carbocycles. The van der Waals surface area contributed by atoms with Gasteiger partial charge in [0.2, 0.25) is 0 Å². The lowest BCUT2D eigenvalue weighted by molar-refractivity contribution is 0.644. The first kappa shape index (κ1) is 20.0. The molecule has 152 valence electrons. The van der Waals surface area contributed by atoms with E-state index in [0.717, 1.165) is 22.4 Å². The van der Waals surface area contributed by atoms with Crippen molar-refractivity contribution in [3.05, 3.63) is 131 Å². The van der Waals surface area contributed by atoms with Crippen LogP contribution in [-0.2, 0) is 0 Å². The van der Waals surface area contributed by atoms with Crippen LogP contribution in [0.2, 0.25) is 10.0 Å². The van der Waals surface area contributed by atoms with Gasteiger partial charge >= 0.3 is 0 Å². The number of benzene rings is 3. The molecule has 4 aromatic rings. The molecule has 0 saturated heterocycles. The summed E-state index contributed by atoms with van der Waals surface area (Å²) in [5, 5.41) is 1.32. The van der Waals surface area contributed by atoms with Crippen molar-refractivity contribution < 1.29 is 0 Å². The van der Waals surface area contributed by atoms with E-state index in [1.807, 2.05) is 91.0 Å². The molecule has 0 radical (unpaired) electrons. The molecule has 0 N–H and O–H groups in total. The van der Waals surface area contributed by atoms with E-state index in [1.54, 1.807) is 4.57 Å². The van der Waals surface area contributed by atoms with Crippen LogP contribution in [-0.4, -0.2) is 4.57 Å². The first-order valence-corrected chi connectivity index (χ1v) is 11.3. The molecule has 1 unspecified atom stereocenters. The molecule has 0 amide bonds. The standard InChI is InChI=1S/C25H16Cl2N2OS/c26-19-10-6-16(7-11-19)14-23-24(30)29-22(18-8-12-20(27)13-9-18)15-21(28-25(29)31-23)17-4-2-1-3-5-17/h1-15,22H. The largest absolute Gasteiger partial charge is 0.272 e. The highest BCUT2D eigenvalue weighted by Gasteiger charge is 2.22. The Bertz CT molecular complexity index is 1450.